The monoisotopic (exact) mass is 302 g/mol. The number of Topliss-reactive ketones (excluding diaryl/α,β-unsaturated/α-hetero) is 1. The second kappa shape index (κ2) is 7.05. The summed E-state index contributed by atoms with van der Waals surface area (Å²) >= 11 is 0. The fraction of sp³-hybridized carbons (Fsp3) is 0.556. The van der Waals surface area contributed by atoms with E-state index in [1.54, 1.807) is 18.2 Å². The second-order valence-electron chi connectivity index (χ2n) is 6.25. The van der Waals surface area contributed by atoms with Gasteiger partial charge in [0.1, 0.15) is 0 Å². The van der Waals surface area contributed by atoms with Crippen molar-refractivity contribution in [1.82, 2.24) is 9.80 Å². The lowest BCUT2D eigenvalue weighted by Gasteiger charge is -2.43. The zero-order chi connectivity index (χ0) is 16.3. The molecule has 0 unspecified atom stereocenters. The van der Waals surface area contributed by atoms with Crippen molar-refractivity contribution in [3.63, 3.8) is 0 Å². The third kappa shape index (κ3) is 3.38. The molecule has 0 saturated carbocycles. The fourth-order valence-corrected chi connectivity index (χ4v) is 3.24. The molecular formula is C18H26N2O2. The molecule has 1 atom stereocenters. The van der Waals surface area contributed by atoms with Crippen molar-refractivity contribution in [2.45, 2.75) is 46.2 Å². The van der Waals surface area contributed by atoms with Gasteiger partial charge in [0.2, 0.25) is 0 Å². The Morgan fingerprint density at radius 1 is 1.18 bits per heavy atom. The summed E-state index contributed by atoms with van der Waals surface area (Å²) in [6.45, 7) is 10.4. The Labute approximate surface area is 133 Å². The maximum Gasteiger partial charge on any atom is 0.254 e. The summed E-state index contributed by atoms with van der Waals surface area (Å²) in [5, 5.41) is 0. The first-order valence-corrected chi connectivity index (χ1v) is 8.10. The van der Waals surface area contributed by atoms with Gasteiger partial charge in [0.25, 0.3) is 5.91 Å². The minimum atomic E-state index is -0.0585. The van der Waals surface area contributed by atoms with Gasteiger partial charge >= 0.3 is 0 Å². The summed E-state index contributed by atoms with van der Waals surface area (Å²) in [4.78, 5) is 28.9. The highest BCUT2D eigenvalue weighted by molar-refractivity contribution is 6.07. The smallest absolute Gasteiger partial charge is 0.254 e. The normalized spacial score (nSPS) is 19.5. The average molecular weight is 302 g/mol. The van der Waals surface area contributed by atoms with Crippen LogP contribution in [0.15, 0.2) is 24.3 Å². The minimum absolute atomic E-state index is 0.0207. The van der Waals surface area contributed by atoms with Gasteiger partial charge < -0.3 is 4.90 Å². The SMILES string of the molecule is CC[C@H]1CN(C(=O)c2ccccc2C(C)=O)CCN1C(C)C. The molecule has 4 nitrogen and oxygen atoms in total. The van der Waals surface area contributed by atoms with Gasteiger partial charge in [-0.05, 0) is 33.3 Å². The Balaban J connectivity index is 2.19. The lowest BCUT2D eigenvalue weighted by molar-refractivity contribution is 0.0370. The summed E-state index contributed by atoms with van der Waals surface area (Å²) < 4.78 is 0. The highest BCUT2D eigenvalue weighted by Gasteiger charge is 2.31. The van der Waals surface area contributed by atoms with E-state index in [1.807, 2.05) is 11.0 Å². The predicted molar refractivity (Wildman–Crippen MR) is 88.3 cm³/mol. The molecule has 1 fully saturated rings. The van der Waals surface area contributed by atoms with Crippen LogP contribution in [-0.4, -0.2) is 53.2 Å². The molecule has 0 aliphatic carbocycles. The lowest BCUT2D eigenvalue weighted by atomic mass is 10.0. The highest BCUT2D eigenvalue weighted by atomic mass is 16.2. The number of nitrogens with zero attached hydrogens (tertiary/aromatic N) is 2. The van der Waals surface area contributed by atoms with E-state index in [1.165, 1.54) is 6.92 Å². The minimum Gasteiger partial charge on any atom is -0.336 e. The average Bonchev–Trinajstić information content (AvgIpc) is 2.53. The first-order valence-electron chi connectivity index (χ1n) is 8.10. The van der Waals surface area contributed by atoms with E-state index in [9.17, 15) is 9.59 Å². The van der Waals surface area contributed by atoms with Crippen LogP contribution in [-0.2, 0) is 0 Å². The topological polar surface area (TPSA) is 40.6 Å². The van der Waals surface area contributed by atoms with Gasteiger partial charge in [0.15, 0.2) is 5.78 Å². The zero-order valence-electron chi connectivity index (χ0n) is 14.0. The number of piperazine rings is 1. The summed E-state index contributed by atoms with van der Waals surface area (Å²) in [6, 6.07) is 8.00. The lowest BCUT2D eigenvalue weighted by Crippen LogP contribution is -2.56. The molecule has 0 aromatic heterocycles. The summed E-state index contributed by atoms with van der Waals surface area (Å²) in [7, 11) is 0. The van der Waals surface area contributed by atoms with Gasteiger partial charge in [-0.2, -0.15) is 0 Å². The molecule has 1 saturated heterocycles. The van der Waals surface area contributed by atoms with Crippen LogP contribution in [0.1, 0.15) is 54.8 Å². The number of carbonyl (C=O) groups excluding carboxylic acids is 2. The van der Waals surface area contributed by atoms with Crippen molar-refractivity contribution in [3.05, 3.63) is 35.4 Å². The summed E-state index contributed by atoms with van der Waals surface area (Å²) in [6.07, 6.45) is 1.02. The van der Waals surface area contributed by atoms with Gasteiger partial charge in [0, 0.05) is 37.3 Å². The maximum absolute atomic E-state index is 12.8. The van der Waals surface area contributed by atoms with Crippen LogP contribution in [0.5, 0.6) is 0 Å². The van der Waals surface area contributed by atoms with E-state index >= 15 is 0 Å². The molecule has 0 spiro atoms. The molecule has 4 heteroatoms. The third-order valence-corrected chi connectivity index (χ3v) is 4.49. The first kappa shape index (κ1) is 16.7. The molecule has 2 rings (SSSR count). The highest BCUT2D eigenvalue weighted by Crippen LogP contribution is 2.19. The van der Waals surface area contributed by atoms with Gasteiger partial charge in [-0.15, -0.1) is 0 Å². The molecule has 0 radical (unpaired) electrons. The summed E-state index contributed by atoms with van der Waals surface area (Å²) in [5.74, 6) is -0.0792. The Morgan fingerprint density at radius 2 is 1.82 bits per heavy atom. The fourth-order valence-electron chi connectivity index (χ4n) is 3.24. The standard InChI is InChI=1S/C18H26N2O2/c1-5-15-12-19(10-11-20(15)13(2)3)18(22)17-9-7-6-8-16(17)14(4)21/h6-9,13,15H,5,10-12H2,1-4H3/t15-/m0/s1. The maximum atomic E-state index is 12.8. The molecule has 1 aromatic rings. The van der Waals surface area contributed by atoms with E-state index < -0.39 is 0 Å². The molecule has 22 heavy (non-hydrogen) atoms. The van der Waals surface area contributed by atoms with Gasteiger partial charge in [-0.25, -0.2) is 0 Å². The van der Waals surface area contributed by atoms with E-state index in [4.69, 9.17) is 0 Å². The van der Waals surface area contributed by atoms with Crippen LogP contribution >= 0.6 is 0 Å². The predicted octanol–water partition coefficient (Wildman–Crippen LogP) is 2.83. The first-order chi connectivity index (χ1) is 10.5. The molecule has 1 aliphatic heterocycles. The van der Waals surface area contributed by atoms with Crippen LogP contribution in [0, 0.1) is 0 Å². The molecule has 0 bridgehead atoms. The van der Waals surface area contributed by atoms with Gasteiger partial charge in [-0.3, -0.25) is 14.5 Å². The van der Waals surface area contributed by atoms with Crippen LogP contribution in [0.2, 0.25) is 0 Å². The van der Waals surface area contributed by atoms with Crippen LogP contribution in [0.4, 0.5) is 0 Å². The van der Waals surface area contributed by atoms with Crippen molar-refractivity contribution in [2.24, 2.45) is 0 Å². The number of ketones is 1. The molecular weight excluding hydrogens is 276 g/mol. The Hall–Kier alpha value is -1.68. The molecule has 1 amide bonds. The largest absolute Gasteiger partial charge is 0.336 e. The summed E-state index contributed by atoms with van der Waals surface area (Å²) in [5.41, 5.74) is 1.05. The van der Waals surface area contributed by atoms with E-state index in [0.29, 0.717) is 23.2 Å². The molecule has 1 aliphatic rings. The van der Waals surface area contributed by atoms with Crippen molar-refractivity contribution >= 4 is 11.7 Å². The Morgan fingerprint density at radius 3 is 2.36 bits per heavy atom. The van der Waals surface area contributed by atoms with Crippen LogP contribution in [0.25, 0.3) is 0 Å². The van der Waals surface area contributed by atoms with Gasteiger partial charge in [-0.1, -0.05) is 25.1 Å². The van der Waals surface area contributed by atoms with E-state index in [0.717, 1.165) is 26.1 Å². The van der Waals surface area contributed by atoms with Gasteiger partial charge in [0.05, 0.1) is 5.56 Å². The molecule has 1 aromatic carbocycles. The van der Waals surface area contributed by atoms with Crippen LogP contribution in [0.3, 0.4) is 0 Å². The molecule has 1 heterocycles. The zero-order valence-corrected chi connectivity index (χ0v) is 14.0. The second-order valence-corrected chi connectivity index (χ2v) is 6.25. The number of amides is 1. The van der Waals surface area contributed by atoms with Crippen LogP contribution < -0.4 is 0 Å². The van der Waals surface area contributed by atoms with E-state index in [-0.39, 0.29) is 11.7 Å². The van der Waals surface area contributed by atoms with Crippen molar-refractivity contribution < 1.29 is 9.59 Å². The number of benzene rings is 1. The third-order valence-electron chi connectivity index (χ3n) is 4.49. The quantitative estimate of drug-likeness (QED) is 0.803. The van der Waals surface area contributed by atoms with Crippen molar-refractivity contribution in [1.29, 1.82) is 0 Å². The van der Waals surface area contributed by atoms with Crippen molar-refractivity contribution in [2.75, 3.05) is 19.6 Å². The Bertz CT molecular complexity index is 554. The Kier molecular flexibility index (Phi) is 5.35. The number of hydrogen-bond donors (Lipinski definition) is 0. The number of carbonyl (C=O) groups is 2. The molecule has 120 valence electrons. The number of rotatable bonds is 4. The van der Waals surface area contributed by atoms with Crippen molar-refractivity contribution in [3.8, 4) is 0 Å². The number of hydrogen-bond acceptors (Lipinski definition) is 3. The molecule has 0 N–H and O–H groups in total. The van der Waals surface area contributed by atoms with E-state index in [2.05, 4.69) is 25.7 Å².